The van der Waals surface area contributed by atoms with E-state index >= 15 is 0 Å². The zero-order valence-electron chi connectivity index (χ0n) is 10.0. The highest BCUT2D eigenvalue weighted by Crippen LogP contribution is 2.15. The molecule has 2 unspecified atom stereocenters. The fourth-order valence-corrected chi connectivity index (χ4v) is 2.14. The van der Waals surface area contributed by atoms with Gasteiger partial charge in [0.2, 0.25) is 0 Å². The van der Waals surface area contributed by atoms with Crippen molar-refractivity contribution in [1.29, 1.82) is 0 Å². The molecule has 1 rings (SSSR count). The second-order valence-electron chi connectivity index (χ2n) is 4.01. The molecule has 0 radical (unpaired) electrons. The zero-order valence-corrected chi connectivity index (χ0v) is 12.4. The van der Waals surface area contributed by atoms with Crippen LogP contribution in [0.4, 0.5) is 4.39 Å². The Morgan fingerprint density at radius 2 is 2.24 bits per heavy atom. The highest BCUT2D eigenvalue weighted by atomic mass is 79.9. The molecule has 0 saturated carbocycles. The van der Waals surface area contributed by atoms with Gasteiger partial charge in [-0.3, -0.25) is 4.21 Å². The number of benzene rings is 1. The van der Waals surface area contributed by atoms with Crippen molar-refractivity contribution in [3.8, 4) is 0 Å². The maximum atomic E-state index is 13.4. The molecule has 1 aromatic carbocycles. The minimum absolute atomic E-state index is 0.178. The topological polar surface area (TPSA) is 29.1 Å². The molecule has 0 spiro atoms. The lowest BCUT2D eigenvalue weighted by Gasteiger charge is -2.09. The monoisotopic (exact) mass is 321 g/mol. The average Bonchev–Trinajstić information content (AvgIpc) is 2.26. The van der Waals surface area contributed by atoms with Gasteiger partial charge in [-0.25, -0.2) is 4.39 Å². The molecule has 2 nitrogen and oxygen atoms in total. The van der Waals surface area contributed by atoms with E-state index < -0.39 is 10.8 Å². The van der Waals surface area contributed by atoms with Gasteiger partial charge in [0.05, 0.1) is 0 Å². The first kappa shape index (κ1) is 14.8. The highest BCUT2D eigenvalue weighted by molar-refractivity contribution is 9.10. The predicted molar refractivity (Wildman–Crippen MR) is 74.0 cm³/mol. The number of nitrogens with one attached hydrogen (secondary N) is 1. The average molecular weight is 322 g/mol. The van der Waals surface area contributed by atoms with Crippen LogP contribution in [-0.2, 0) is 17.3 Å². The van der Waals surface area contributed by atoms with Crippen molar-refractivity contribution >= 4 is 26.7 Å². The van der Waals surface area contributed by atoms with Crippen molar-refractivity contribution in [2.45, 2.75) is 25.1 Å². The van der Waals surface area contributed by atoms with E-state index in [0.717, 1.165) is 17.4 Å². The molecule has 0 aromatic heterocycles. The molecular weight excluding hydrogens is 305 g/mol. The number of hydrogen-bond donors (Lipinski definition) is 1. The first-order valence-corrected chi connectivity index (χ1v) is 7.89. The van der Waals surface area contributed by atoms with E-state index in [1.165, 1.54) is 6.07 Å². The van der Waals surface area contributed by atoms with Crippen LogP contribution in [0, 0.1) is 5.82 Å². The van der Waals surface area contributed by atoms with Crippen LogP contribution in [0.3, 0.4) is 0 Å². The van der Waals surface area contributed by atoms with Crippen LogP contribution in [0.5, 0.6) is 0 Å². The summed E-state index contributed by atoms with van der Waals surface area (Å²) in [5.74, 6) is -0.209. The predicted octanol–water partition coefficient (Wildman–Crippen LogP) is 2.83. The van der Waals surface area contributed by atoms with Crippen molar-refractivity contribution in [2.24, 2.45) is 0 Å². The van der Waals surface area contributed by atoms with Crippen LogP contribution in [-0.4, -0.2) is 22.3 Å². The van der Waals surface area contributed by atoms with Crippen molar-refractivity contribution in [3.63, 3.8) is 0 Å². The summed E-state index contributed by atoms with van der Waals surface area (Å²) in [4.78, 5) is 0. The van der Waals surface area contributed by atoms with Crippen LogP contribution >= 0.6 is 15.9 Å². The fourth-order valence-electron chi connectivity index (χ4n) is 1.36. The molecule has 5 heteroatoms. The summed E-state index contributed by atoms with van der Waals surface area (Å²) in [6.07, 6.45) is 2.54. The van der Waals surface area contributed by atoms with Crippen molar-refractivity contribution in [2.75, 3.05) is 12.8 Å². The summed E-state index contributed by atoms with van der Waals surface area (Å²) in [5.41, 5.74) is 0.651. The summed E-state index contributed by atoms with van der Waals surface area (Å²) in [5, 5.41) is 3.34. The first-order valence-electron chi connectivity index (χ1n) is 5.47. The maximum absolute atomic E-state index is 13.4. The summed E-state index contributed by atoms with van der Waals surface area (Å²) < 4.78 is 25.3. The summed E-state index contributed by atoms with van der Waals surface area (Å²) in [6, 6.07) is 5.04. The minimum Gasteiger partial charge on any atom is -0.313 e. The smallest absolute Gasteiger partial charge is 0.128 e. The van der Waals surface area contributed by atoms with Crippen LogP contribution in [0.15, 0.2) is 22.7 Å². The first-order chi connectivity index (χ1) is 8.00. The SMILES string of the molecule is CC(CCNCc1ccc(Br)cc1F)S(C)=O. The molecule has 96 valence electrons. The van der Waals surface area contributed by atoms with Gasteiger partial charge in [-0.05, 0) is 25.1 Å². The van der Waals surface area contributed by atoms with Gasteiger partial charge >= 0.3 is 0 Å². The van der Waals surface area contributed by atoms with E-state index in [2.05, 4.69) is 21.2 Å². The minimum atomic E-state index is -0.786. The largest absolute Gasteiger partial charge is 0.313 e. The van der Waals surface area contributed by atoms with E-state index in [1.54, 1.807) is 12.3 Å². The van der Waals surface area contributed by atoms with Gasteiger partial charge in [0.25, 0.3) is 0 Å². The molecule has 17 heavy (non-hydrogen) atoms. The van der Waals surface area contributed by atoms with Crippen LogP contribution in [0.2, 0.25) is 0 Å². The Hall–Kier alpha value is -0.260. The van der Waals surface area contributed by atoms with Crippen LogP contribution in [0.25, 0.3) is 0 Å². The summed E-state index contributed by atoms with van der Waals surface area (Å²) >= 11 is 3.22. The lowest BCUT2D eigenvalue weighted by Crippen LogP contribution is -2.21. The summed E-state index contributed by atoms with van der Waals surface area (Å²) in [7, 11) is -0.786. The Morgan fingerprint density at radius 1 is 1.53 bits per heavy atom. The van der Waals surface area contributed by atoms with E-state index in [0.29, 0.717) is 12.1 Å². The van der Waals surface area contributed by atoms with Gasteiger partial charge in [-0.15, -0.1) is 0 Å². The van der Waals surface area contributed by atoms with E-state index in [9.17, 15) is 8.60 Å². The van der Waals surface area contributed by atoms with Crippen molar-refractivity contribution < 1.29 is 8.60 Å². The number of rotatable bonds is 6. The molecule has 0 saturated heterocycles. The Bertz CT molecular complexity index is 400. The number of hydrogen-bond acceptors (Lipinski definition) is 2. The summed E-state index contributed by atoms with van der Waals surface area (Å²) in [6.45, 7) is 3.20. The molecule has 0 amide bonds. The molecule has 2 atom stereocenters. The molecule has 0 heterocycles. The third kappa shape index (κ3) is 5.27. The van der Waals surface area contributed by atoms with E-state index in [-0.39, 0.29) is 11.1 Å². The molecule has 1 N–H and O–H groups in total. The Kier molecular flexibility index (Phi) is 6.30. The quantitative estimate of drug-likeness (QED) is 0.816. The van der Waals surface area contributed by atoms with Gasteiger partial charge in [0.1, 0.15) is 5.82 Å². The van der Waals surface area contributed by atoms with Crippen molar-refractivity contribution in [3.05, 3.63) is 34.1 Å². The Labute approximate surface area is 113 Å². The lowest BCUT2D eigenvalue weighted by atomic mass is 10.2. The van der Waals surface area contributed by atoms with Gasteiger partial charge in [0, 0.05) is 38.9 Å². The van der Waals surface area contributed by atoms with Gasteiger partial charge < -0.3 is 5.32 Å². The third-order valence-electron chi connectivity index (χ3n) is 2.62. The molecule has 0 aliphatic rings. The third-order valence-corrected chi connectivity index (χ3v) is 4.49. The number of halogens is 2. The van der Waals surface area contributed by atoms with Crippen LogP contribution in [0.1, 0.15) is 18.9 Å². The molecule has 0 fully saturated rings. The normalized spacial score (nSPS) is 14.6. The molecule has 0 bridgehead atoms. The standard InChI is InChI=1S/C12H17BrFNOS/c1-9(17(2)16)5-6-15-8-10-3-4-11(13)7-12(10)14/h3-4,7,9,15H,5-6,8H2,1-2H3. The Morgan fingerprint density at radius 3 is 2.82 bits per heavy atom. The van der Waals surface area contributed by atoms with E-state index in [1.807, 2.05) is 13.0 Å². The molecule has 0 aliphatic carbocycles. The van der Waals surface area contributed by atoms with Crippen LogP contribution < -0.4 is 5.32 Å². The maximum Gasteiger partial charge on any atom is 0.128 e. The van der Waals surface area contributed by atoms with Gasteiger partial charge in [-0.2, -0.15) is 0 Å². The van der Waals surface area contributed by atoms with Gasteiger partial charge in [0.15, 0.2) is 0 Å². The molecule has 0 aliphatic heterocycles. The zero-order chi connectivity index (χ0) is 12.8. The highest BCUT2D eigenvalue weighted by Gasteiger charge is 2.06. The lowest BCUT2D eigenvalue weighted by molar-refractivity contribution is 0.578. The second-order valence-corrected chi connectivity index (χ2v) is 6.73. The van der Waals surface area contributed by atoms with E-state index in [4.69, 9.17) is 0 Å². The fraction of sp³-hybridized carbons (Fsp3) is 0.500. The Balaban J connectivity index is 2.34. The second kappa shape index (κ2) is 7.24. The van der Waals surface area contributed by atoms with Crippen molar-refractivity contribution in [1.82, 2.24) is 5.32 Å². The van der Waals surface area contributed by atoms with Gasteiger partial charge in [-0.1, -0.05) is 28.9 Å². The molecule has 1 aromatic rings. The molecular formula is C12H17BrFNOS.